The number of esters is 2. The molecule has 0 heterocycles. The molecule has 0 saturated heterocycles. The molecule has 0 aromatic heterocycles. The zero-order valence-electron chi connectivity index (χ0n) is 11.2. The first-order valence-electron chi connectivity index (χ1n) is 6.43. The Labute approximate surface area is 104 Å². The van der Waals surface area contributed by atoms with Gasteiger partial charge in [-0.05, 0) is 19.3 Å². The summed E-state index contributed by atoms with van der Waals surface area (Å²) in [6, 6.07) is 0. The Morgan fingerprint density at radius 3 is 2.29 bits per heavy atom. The number of unbranched alkanes of at least 4 members (excludes halogenated alkanes) is 3. The largest absolute Gasteiger partial charge is 0.466 e. The topological polar surface area (TPSA) is 52.6 Å². The first-order chi connectivity index (χ1) is 8.15. The summed E-state index contributed by atoms with van der Waals surface area (Å²) >= 11 is 0. The summed E-state index contributed by atoms with van der Waals surface area (Å²) < 4.78 is 9.74. The molecule has 0 saturated carbocycles. The lowest BCUT2D eigenvalue weighted by Gasteiger charge is -2.15. The van der Waals surface area contributed by atoms with Gasteiger partial charge in [0.1, 0.15) is 0 Å². The van der Waals surface area contributed by atoms with E-state index in [-0.39, 0.29) is 5.97 Å². The minimum Gasteiger partial charge on any atom is -0.466 e. The Balaban J connectivity index is 4.05. The van der Waals surface area contributed by atoms with Gasteiger partial charge in [-0.1, -0.05) is 33.1 Å². The lowest BCUT2D eigenvalue weighted by atomic mass is 10.1. The van der Waals surface area contributed by atoms with Gasteiger partial charge in [0.15, 0.2) is 6.10 Å². The van der Waals surface area contributed by atoms with Crippen molar-refractivity contribution >= 4 is 11.9 Å². The molecule has 0 aliphatic rings. The summed E-state index contributed by atoms with van der Waals surface area (Å²) in [5, 5.41) is 0. The van der Waals surface area contributed by atoms with Crippen molar-refractivity contribution in [3.8, 4) is 0 Å². The van der Waals surface area contributed by atoms with Crippen molar-refractivity contribution in [1.29, 1.82) is 0 Å². The van der Waals surface area contributed by atoms with Gasteiger partial charge in [0.25, 0.3) is 0 Å². The smallest absolute Gasteiger partial charge is 0.347 e. The van der Waals surface area contributed by atoms with E-state index in [0.717, 1.165) is 32.1 Å². The van der Waals surface area contributed by atoms with Crippen LogP contribution in [0.1, 0.15) is 58.8 Å². The third-order valence-corrected chi connectivity index (χ3v) is 2.51. The molecule has 0 aliphatic carbocycles. The Morgan fingerprint density at radius 2 is 1.76 bits per heavy atom. The van der Waals surface area contributed by atoms with E-state index in [9.17, 15) is 9.59 Å². The normalized spacial score (nSPS) is 11.9. The first kappa shape index (κ1) is 15.9. The molecular weight excluding hydrogens is 220 g/mol. The summed E-state index contributed by atoms with van der Waals surface area (Å²) in [6.45, 7) is 4.02. The van der Waals surface area contributed by atoms with Crippen molar-refractivity contribution in [1.82, 2.24) is 0 Å². The predicted molar refractivity (Wildman–Crippen MR) is 65.6 cm³/mol. The Morgan fingerprint density at radius 1 is 1.06 bits per heavy atom. The van der Waals surface area contributed by atoms with Gasteiger partial charge >= 0.3 is 11.9 Å². The summed E-state index contributed by atoms with van der Waals surface area (Å²) in [5.41, 5.74) is 0. The molecule has 4 heteroatoms. The molecule has 4 nitrogen and oxygen atoms in total. The molecule has 0 rings (SSSR count). The van der Waals surface area contributed by atoms with E-state index in [1.165, 1.54) is 7.11 Å². The Kier molecular flexibility index (Phi) is 9.49. The molecule has 0 aromatic rings. The van der Waals surface area contributed by atoms with Gasteiger partial charge in [0.05, 0.1) is 7.11 Å². The molecule has 0 spiro atoms. The van der Waals surface area contributed by atoms with E-state index in [1.54, 1.807) is 0 Å². The minimum atomic E-state index is -0.726. The molecule has 0 fully saturated rings. The van der Waals surface area contributed by atoms with Gasteiger partial charge in [-0.25, -0.2) is 4.79 Å². The summed E-state index contributed by atoms with van der Waals surface area (Å²) in [4.78, 5) is 22.7. The van der Waals surface area contributed by atoms with Gasteiger partial charge in [0, 0.05) is 6.42 Å². The number of carbonyl (C=O) groups is 2. The maximum absolute atomic E-state index is 11.4. The number of hydrogen-bond donors (Lipinski definition) is 0. The van der Waals surface area contributed by atoms with Crippen LogP contribution in [-0.4, -0.2) is 25.2 Å². The van der Waals surface area contributed by atoms with Crippen LogP contribution in [0.2, 0.25) is 0 Å². The summed E-state index contributed by atoms with van der Waals surface area (Å²) in [6.07, 6.45) is 5.11. The highest BCUT2D eigenvalue weighted by Crippen LogP contribution is 2.11. The second-order valence-electron chi connectivity index (χ2n) is 4.10. The van der Waals surface area contributed by atoms with Crippen molar-refractivity contribution < 1.29 is 19.1 Å². The van der Waals surface area contributed by atoms with E-state index in [4.69, 9.17) is 4.74 Å². The fourth-order valence-electron chi connectivity index (χ4n) is 1.53. The molecule has 100 valence electrons. The number of methoxy groups -OCH3 is 1. The quantitative estimate of drug-likeness (QED) is 0.462. The predicted octanol–water partition coefficient (Wildman–Crippen LogP) is 2.84. The van der Waals surface area contributed by atoms with Crippen LogP contribution in [0.4, 0.5) is 0 Å². The highest BCUT2D eigenvalue weighted by molar-refractivity contribution is 5.79. The van der Waals surface area contributed by atoms with E-state index in [1.807, 2.05) is 6.92 Å². The van der Waals surface area contributed by atoms with E-state index >= 15 is 0 Å². The second-order valence-corrected chi connectivity index (χ2v) is 4.10. The molecular formula is C13H24O4. The first-order valence-corrected chi connectivity index (χ1v) is 6.43. The standard InChI is InChI=1S/C13H24O4/c1-4-6-7-8-10-11(13(15)16-3)17-12(14)9-5-2/h11H,4-10H2,1-3H3. The van der Waals surface area contributed by atoms with Crippen molar-refractivity contribution in [3.63, 3.8) is 0 Å². The highest BCUT2D eigenvalue weighted by atomic mass is 16.6. The SMILES string of the molecule is CCCCCCC(OC(=O)CCC)C(=O)OC. The Hall–Kier alpha value is -1.06. The van der Waals surface area contributed by atoms with Gasteiger partial charge < -0.3 is 9.47 Å². The van der Waals surface area contributed by atoms with Crippen LogP contribution >= 0.6 is 0 Å². The fraction of sp³-hybridized carbons (Fsp3) is 0.846. The third-order valence-electron chi connectivity index (χ3n) is 2.51. The van der Waals surface area contributed by atoms with Crippen LogP contribution in [0.5, 0.6) is 0 Å². The van der Waals surface area contributed by atoms with Crippen LogP contribution < -0.4 is 0 Å². The van der Waals surface area contributed by atoms with Crippen LogP contribution in [-0.2, 0) is 19.1 Å². The summed E-state index contributed by atoms with van der Waals surface area (Å²) in [5.74, 6) is -0.774. The van der Waals surface area contributed by atoms with Gasteiger partial charge in [-0.3, -0.25) is 4.79 Å². The highest BCUT2D eigenvalue weighted by Gasteiger charge is 2.22. The zero-order valence-corrected chi connectivity index (χ0v) is 11.2. The second kappa shape index (κ2) is 10.1. The molecule has 0 aromatic carbocycles. The van der Waals surface area contributed by atoms with Crippen LogP contribution in [0, 0.1) is 0 Å². The van der Waals surface area contributed by atoms with Crippen LogP contribution in [0.25, 0.3) is 0 Å². The molecule has 0 N–H and O–H groups in total. The molecule has 0 amide bonds. The molecule has 0 aliphatic heterocycles. The maximum Gasteiger partial charge on any atom is 0.347 e. The van der Waals surface area contributed by atoms with Crippen molar-refractivity contribution in [2.24, 2.45) is 0 Å². The van der Waals surface area contributed by atoms with Crippen molar-refractivity contribution in [3.05, 3.63) is 0 Å². The monoisotopic (exact) mass is 244 g/mol. The third kappa shape index (κ3) is 7.77. The van der Waals surface area contributed by atoms with Gasteiger partial charge in [0.2, 0.25) is 0 Å². The van der Waals surface area contributed by atoms with Crippen LogP contribution in [0.15, 0.2) is 0 Å². The number of carbonyl (C=O) groups excluding carboxylic acids is 2. The van der Waals surface area contributed by atoms with E-state index < -0.39 is 12.1 Å². The molecule has 0 bridgehead atoms. The number of ether oxygens (including phenoxy) is 2. The Bertz CT molecular complexity index is 225. The number of hydrogen-bond acceptors (Lipinski definition) is 4. The van der Waals surface area contributed by atoms with Gasteiger partial charge in [-0.15, -0.1) is 0 Å². The maximum atomic E-state index is 11.4. The van der Waals surface area contributed by atoms with Crippen molar-refractivity contribution in [2.45, 2.75) is 64.9 Å². The van der Waals surface area contributed by atoms with Crippen LogP contribution in [0.3, 0.4) is 0 Å². The van der Waals surface area contributed by atoms with E-state index in [0.29, 0.717) is 12.8 Å². The average Bonchev–Trinajstić information content (AvgIpc) is 2.32. The van der Waals surface area contributed by atoms with Gasteiger partial charge in [-0.2, -0.15) is 0 Å². The minimum absolute atomic E-state index is 0.321. The summed E-state index contributed by atoms with van der Waals surface area (Å²) in [7, 11) is 1.31. The lowest BCUT2D eigenvalue weighted by molar-refractivity contribution is -0.166. The average molecular weight is 244 g/mol. The molecule has 0 radical (unpaired) electrons. The zero-order chi connectivity index (χ0) is 13.1. The molecule has 1 unspecified atom stereocenters. The lowest BCUT2D eigenvalue weighted by Crippen LogP contribution is -2.28. The number of rotatable bonds is 9. The fourth-order valence-corrected chi connectivity index (χ4v) is 1.53. The van der Waals surface area contributed by atoms with E-state index in [2.05, 4.69) is 11.7 Å². The molecule has 17 heavy (non-hydrogen) atoms. The van der Waals surface area contributed by atoms with Crippen molar-refractivity contribution in [2.75, 3.05) is 7.11 Å². The molecule has 1 atom stereocenters.